The van der Waals surface area contributed by atoms with E-state index in [2.05, 4.69) is 20.1 Å². The van der Waals surface area contributed by atoms with Crippen molar-refractivity contribution in [3.05, 3.63) is 60.6 Å². The van der Waals surface area contributed by atoms with Crippen LogP contribution in [-0.4, -0.2) is 53.0 Å². The third kappa shape index (κ3) is 4.77. The molecule has 4 aromatic heterocycles. The van der Waals surface area contributed by atoms with Gasteiger partial charge in [-0.25, -0.2) is 19.5 Å². The molecule has 0 saturated heterocycles. The molecule has 39 heavy (non-hydrogen) atoms. The number of fused-ring (bicyclic) bond motifs is 2. The summed E-state index contributed by atoms with van der Waals surface area (Å²) in [5, 5.41) is 5.66. The number of ether oxygens (including phenoxy) is 5. The van der Waals surface area contributed by atoms with Gasteiger partial charge in [0.1, 0.15) is 35.1 Å². The Morgan fingerprint density at radius 2 is 1.64 bits per heavy atom. The Morgan fingerprint density at radius 1 is 0.846 bits per heavy atom. The highest BCUT2D eigenvalue weighted by atomic mass is 32.1. The van der Waals surface area contributed by atoms with Gasteiger partial charge in [0.15, 0.2) is 5.76 Å². The molecule has 0 spiro atoms. The quantitative estimate of drug-likeness (QED) is 0.238. The van der Waals surface area contributed by atoms with Crippen LogP contribution in [0.3, 0.4) is 0 Å². The SMILES string of the molecule is COc1cc(COc2cc(OC)cc3oc(-c4cn5nc(OC)sc5n4)cc23)cc(-c2cnc(OC)nc2)c1. The second kappa shape index (κ2) is 10.1. The van der Waals surface area contributed by atoms with Crippen LogP contribution >= 0.6 is 11.3 Å². The van der Waals surface area contributed by atoms with Crippen molar-refractivity contribution in [3.8, 4) is 51.0 Å². The molecule has 6 rings (SSSR count). The molecule has 0 aliphatic rings. The van der Waals surface area contributed by atoms with Crippen LogP contribution in [0.5, 0.6) is 28.5 Å². The number of hydrogen-bond donors (Lipinski definition) is 0. The van der Waals surface area contributed by atoms with Crippen molar-refractivity contribution >= 4 is 27.3 Å². The first kappa shape index (κ1) is 24.5. The molecule has 0 amide bonds. The van der Waals surface area contributed by atoms with Crippen LogP contribution < -0.4 is 23.7 Å². The zero-order valence-electron chi connectivity index (χ0n) is 21.5. The van der Waals surface area contributed by atoms with Crippen molar-refractivity contribution in [2.45, 2.75) is 6.61 Å². The number of nitrogens with zero attached hydrogens (tertiary/aromatic N) is 5. The molecule has 6 aromatic rings. The predicted octanol–water partition coefficient (Wildman–Crippen LogP) is 5.27. The van der Waals surface area contributed by atoms with Crippen molar-refractivity contribution in [2.24, 2.45) is 0 Å². The van der Waals surface area contributed by atoms with Crippen LogP contribution in [-0.2, 0) is 6.61 Å². The molecular formula is C27H23N5O6S. The highest BCUT2D eigenvalue weighted by Gasteiger charge is 2.17. The minimum atomic E-state index is 0.272. The largest absolute Gasteiger partial charge is 0.497 e. The standard InChI is InChI=1S/C27H23N5O6S/c1-33-18-6-15(5-16(7-18)17-11-28-25(35-3)29-12-17)14-37-22-8-19(34-2)9-23-20(22)10-24(38-23)21-13-32-26(30-21)39-27(31-32)36-4/h5-13H,14H2,1-4H3. The maximum Gasteiger partial charge on any atom is 0.316 e. The van der Waals surface area contributed by atoms with Crippen LogP contribution in [0.25, 0.3) is 38.5 Å². The summed E-state index contributed by atoms with van der Waals surface area (Å²) < 4.78 is 35.4. The van der Waals surface area contributed by atoms with Crippen LogP contribution in [0, 0.1) is 0 Å². The summed E-state index contributed by atoms with van der Waals surface area (Å²) >= 11 is 1.35. The Labute approximate surface area is 226 Å². The predicted molar refractivity (Wildman–Crippen MR) is 144 cm³/mol. The smallest absolute Gasteiger partial charge is 0.316 e. The van der Waals surface area contributed by atoms with Crippen LogP contribution in [0.4, 0.5) is 0 Å². The highest BCUT2D eigenvalue weighted by molar-refractivity contribution is 7.18. The Balaban J connectivity index is 1.31. The Morgan fingerprint density at radius 3 is 2.36 bits per heavy atom. The summed E-state index contributed by atoms with van der Waals surface area (Å²) in [6.07, 6.45) is 5.20. The lowest BCUT2D eigenvalue weighted by molar-refractivity contribution is 0.306. The molecule has 4 heterocycles. The number of imidazole rings is 1. The van der Waals surface area contributed by atoms with Crippen LogP contribution in [0.1, 0.15) is 5.56 Å². The molecule has 0 radical (unpaired) electrons. The van der Waals surface area contributed by atoms with E-state index in [4.69, 9.17) is 28.1 Å². The molecule has 0 aliphatic carbocycles. The molecule has 0 aliphatic heterocycles. The van der Waals surface area contributed by atoms with Gasteiger partial charge < -0.3 is 28.1 Å². The average molecular weight is 546 g/mol. The average Bonchev–Trinajstić information content (AvgIpc) is 3.68. The fourth-order valence-corrected chi connectivity index (χ4v) is 4.79. The molecule has 0 N–H and O–H groups in total. The van der Waals surface area contributed by atoms with Gasteiger partial charge in [0, 0.05) is 30.1 Å². The Hall–Kier alpha value is -4.84. The molecule has 12 heteroatoms. The molecule has 0 fully saturated rings. The minimum absolute atomic E-state index is 0.272. The molecule has 198 valence electrons. The lowest BCUT2D eigenvalue weighted by Gasteiger charge is -2.12. The van der Waals surface area contributed by atoms with Crippen molar-refractivity contribution in [1.29, 1.82) is 0 Å². The van der Waals surface area contributed by atoms with Gasteiger partial charge in [-0.2, -0.15) is 0 Å². The molecule has 0 unspecified atom stereocenters. The molecule has 11 nitrogen and oxygen atoms in total. The minimum Gasteiger partial charge on any atom is -0.497 e. The summed E-state index contributed by atoms with van der Waals surface area (Å²) in [6.45, 7) is 0.272. The third-order valence-corrected chi connectivity index (χ3v) is 6.88. The van der Waals surface area contributed by atoms with Gasteiger partial charge in [-0.15, -0.1) is 5.10 Å². The third-order valence-electron chi connectivity index (χ3n) is 6.00. The van der Waals surface area contributed by atoms with Crippen molar-refractivity contribution in [1.82, 2.24) is 24.6 Å². The molecular weight excluding hydrogens is 522 g/mol. The molecule has 0 bridgehead atoms. The normalized spacial score (nSPS) is 11.2. The van der Waals surface area contributed by atoms with Gasteiger partial charge in [0.05, 0.1) is 40.0 Å². The van der Waals surface area contributed by atoms with E-state index in [1.54, 1.807) is 44.4 Å². The van der Waals surface area contributed by atoms with E-state index in [9.17, 15) is 0 Å². The number of aromatic nitrogens is 5. The van der Waals surface area contributed by atoms with Gasteiger partial charge >= 0.3 is 6.01 Å². The van der Waals surface area contributed by atoms with E-state index < -0.39 is 0 Å². The molecule has 2 aromatic carbocycles. The van der Waals surface area contributed by atoms with Gasteiger partial charge in [0.2, 0.25) is 4.96 Å². The Bertz CT molecular complexity index is 1740. The van der Waals surface area contributed by atoms with Crippen LogP contribution in [0.2, 0.25) is 0 Å². The highest BCUT2D eigenvalue weighted by Crippen LogP contribution is 2.38. The fraction of sp³-hybridized carbons (Fsp3) is 0.185. The number of benzene rings is 2. The topological polar surface area (TPSA) is 115 Å². The van der Waals surface area contributed by atoms with Crippen molar-refractivity contribution in [3.63, 3.8) is 0 Å². The van der Waals surface area contributed by atoms with Crippen molar-refractivity contribution < 1.29 is 28.1 Å². The van der Waals surface area contributed by atoms with E-state index in [1.165, 1.54) is 18.4 Å². The summed E-state index contributed by atoms with van der Waals surface area (Å²) in [5.74, 6) is 2.49. The molecule has 0 saturated carbocycles. The maximum absolute atomic E-state index is 6.30. The van der Waals surface area contributed by atoms with E-state index in [1.807, 2.05) is 36.4 Å². The van der Waals surface area contributed by atoms with Gasteiger partial charge in [0.25, 0.3) is 5.19 Å². The summed E-state index contributed by atoms with van der Waals surface area (Å²) in [6, 6.07) is 11.7. The molecule has 0 atom stereocenters. The first-order valence-electron chi connectivity index (χ1n) is 11.8. The second-order valence-electron chi connectivity index (χ2n) is 8.39. The van der Waals surface area contributed by atoms with E-state index in [0.29, 0.717) is 50.5 Å². The van der Waals surface area contributed by atoms with E-state index in [0.717, 1.165) is 22.1 Å². The van der Waals surface area contributed by atoms with Crippen LogP contribution in [0.15, 0.2) is 59.4 Å². The lowest BCUT2D eigenvalue weighted by Crippen LogP contribution is -1.98. The first-order chi connectivity index (χ1) is 19.1. The summed E-state index contributed by atoms with van der Waals surface area (Å²) in [7, 11) is 6.33. The number of methoxy groups -OCH3 is 4. The number of rotatable bonds is 9. The number of hydrogen-bond acceptors (Lipinski definition) is 11. The lowest BCUT2D eigenvalue weighted by atomic mass is 10.1. The van der Waals surface area contributed by atoms with Gasteiger partial charge in [-0.3, -0.25) is 0 Å². The van der Waals surface area contributed by atoms with Gasteiger partial charge in [-0.05, 0) is 46.7 Å². The van der Waals surface area contributed by atoms with Gasteiger partial charge in [-0.1, -0.05) is 0 Å². The fourth-order valence-electron chi connectivity index (χ4n) is 4.09. The monoisotopic (exact) mass is 545 g/mol. The summed E-state index contributed by atoms with van der Waals surface area (Å²) in [5.41, 5.74) is 3.88. The number of furan rings is 1. The maximum atomic E-state index is 6.30. The van der Waals surface area contributed by atoms with E-state index >= 15 is 0 Å². The second-order valence-corrected chi connectivity index (χ2v) is 9.31. The van der Waals surface area contributed by atoms with E-state index in [-0.39, 0.29) is 6.61 Å². The zero-order chi connectivity index (χ0) is 26.9. The first-order valence-corrected chi connectivity index (χ1v) is 12.6. The van der Waals surface area contributed by atoms with Crippen molar-refractivity contribution in [2.75, 3.05) is 28.4 Å². The Kier molecular flexibility index (Phi) is 6.37. The summed E-state index contributed by atoms with van der Waals surface area (Å²) in [4.78, 5) is 13.7. The zero-order valence-corrected chi connectivity index (χ0v) is 22.3.